The molecule has 2 aromatic rings. The third kappa shape index (κ3) is 3.55. The van der Waals surface area contributed by atoms with Crippen LogP contribution in [0.15, 0.2) is 29.4 Å². The van der Waals surface area contributed by atoms with Crippen LogP contribution in [0.25, 0.3) is 10.4 Å². The van der Waals surface area contributed by atoms with Crippen molar-refractivity contribution in [3.63, 3.8) is 0 Å². The number of carbonyl (C=O) groups excluding carboxylic acids is 1. The van der Waals surface area contributed by atoms with E-state index >= 15 is 0 Å². The zero-order valence-electron chi connectivity index (χ0n) is 16.8. The van der Waals surface area contributed by atoms with Crippen LogP contribution in [0.5, 0.6) is 0 Å². The summed E-state index contributed by atoms with van der Waals surface area (Å²) in [5.41, 5.74) is -0.522. The normalized spacial score (nSPS) is 30.2. The van der Waals surface area contributed by atoms with E-state index in [-0.39, 0.29) is 17.6 Å². The van der Waals surface area contributed by atoms with E-state index in [0.29, 0.717) is 34.7 Å². The minimum absolute atomic E-state index is 0.170. The molecule has 0 N–H and O–H groups in total. The first-order chi connectivity index (χ1) is 14.5. The molecule has 1 aromatic carbocycles. The van der Waals surface area contributed by atoms with Gasteiger partial charge in [0.05, 0.1) is 17.6 Å². The van der Waals surface area contributed by atoms with Crippen molar-refractivity contribution in [1.82, 2.24) is 4.57 Å². The lowest BCUT2D eigenvalue weighted by Gasteiger charge is -2.54. The number of thiazole rings is 1. The molecule has 30 heavy (non-hydrogen) atoms. The lowest BCUT2D eigenvalue weighted by atomic mass is 9.62. The van der Waals surface area contributed by atoms with Crippen LogP contribution in [0.2, 0.25) is 0 Å². The molecule has 160 valence electrons. The van der Waals surface area contributed by atoms with Crippen molar-refractivity contribution < 1.29 is 23.0 Å². The molecule has 0 radical (unpaired) electrons. The summed E-state index contributed by atoms with van der Waals surface area (Å²) in [5.74, 6) is -0.413. The molecule has 4 aliphatic rings. The van der Waals surface area contributed by atoms with E-state index in [2.05, 4.69) is 4.99 Å². The number of amides is 1. The van der Waals surface area contributed by atoms with Crippen LogP contribution in [-0.2, 0) is 20.8 Å². The minimum Gasteiger partial charge on any atom is -0.383 e. The maximum absolute atomic E-state index is 14.3. The van der Waals surface area contributed by atoms with E-state index in [1.54, 1.807) is 17.9 Å². The van der Waals surface area contributed by atoms with Crippen LogP contribution in [0.4, 0.5) is 8.78 Å². The highest BCUT2D eigenvalue weighted by molar-refractivity contribution is 7.12. The lowest BCUT2D eigenvalue weighted by Crippen LogP contribution is -2.58. The average Bonchev–Trinajstić information content (AvgIpc) is 3.07. The van der Waals surface area contributed by atoms with Gasteiger partial charge in [-0.15, -0.1) is 0 Å². The topological polar surface area (TPSA) is 52.8 Å². The molecular weight excluding hydrogens is 410 g/mol. The number of hydrogen-bond donors (Lipinski definition) is 0. The number of methoxy groups -OCH3 is 1. The summed E-state index contributed by atoms with van der Waals surface area (Å²) < 4.78 is 40.8. The summed E-state index contributed by atoms with van der Waals surface area (Å²) in [6, 6.07) is 3.49. The van der Waals surface area contributed by atoms with Gasteiger partial charge in [0.1, 0.15) is 17.2 Å². The third-order valence-corrected chi connectivity index (χ3v) is 7.58. The highest BCUT2D eigenvalue weighted by atomic mass is 32.1. The van der Waals surface area contributed by atoms with Gasteiger partial charge < -0.3 is 14.0 Å². The molecule has 5 nitrogen and oxygen atoms in total. The van der Waals surface area contributed by atoms with E-state index in [4.69, 9.17) is 9.47 Å². The predicted octanol–water partition coefficient (Wildman–Crippen LogP) is 3.92. The maximum atomic E-state index is 14.3. The van der Waals surface area contributed by atoms with E-state index in [1.165, 1.54) is 29.9 Å². The quantitative estimate of drug-likeness (QED) is 0.717. The van der Waals surface area contributed by atoms with Gasteiger partial charge in [-0.1, -0.05) is 11.3 Å². The molecule has 0 spiro atoms. The van der Waals surface area contributed by atoms with E-state index < -0.39 is 17.2 Å². The first-order valence-corrected chi connectivity index (χ1v) is 11.2. The van der Waals surface area contributed by atoms with Crippen LogP contribution >= 0.6 is 11.3 Å². The molecule has 4 fully saturated rings. The fourth-order valence-electron chi connectivity index (χ4n) is 5.41. The van der Waals surface area contributed by atoms with Crippen molar-refractivity contribution in [1.29, 1.82) is 0 Å². The zero-order valence-corrected chi connectivity index (χ0v) is 17.6. The van der Waals surface area contributed by atoms with Gasteiger partial charge in [-0.05, 0) is 56.1 Å². The number of nitrogens with zero attached hydrogens (tertiary/aromatic N) is 2. The van der Waals surface area contributed by atoms with Crippen molar-refractivity contribution in [3.05, 3.63) is 40.8 Å². The largest absolute Gasteiger partial charge is 0.383 e. The van der Waals surface area contributed by atoms with Gasteiger partial charge in [0, 0.05) is 31.5 Å². The predicted molar refractivity (Wildman–Crippen MR) is 108 cm³/mol. The van der Waals surface area contributed by atoms with Gasteiger partial charge in [0.2, 0.25) is 0 Å². The van der Waals surface area contributed by atoms with Crippen LogP contribution in [-0.4, -0.2) is 35.9 Å². The molecule has 2 saturated heterocycles. The Hall–Kier alpha value is -1.90. The van der Waals surface area contributed by atoms with E-state index in [1.807, 2.05) is 0 Å². The van der Waals surface area contributed by atoms with Gasteiger partial charge in [-0.2, -0.15) is 4.99 Å². The highest BCUT2D eigenvalue weighted by Crippen LogP contribution is 2.53. The second kappa shape index (κ2) is 7.66. The van der Waals surface area contributed by atoms with Crippen LogP contribution in [0.1, 0.15) is 32.1 Å². The summed E-state index contributed by atoms with van der Waals surface area (Å²) in [5, 5.41) is 0. The molecule has 8 heteroatoms. The molecule has 2 saturated carbocycles. The third-order valence-electron chi connectivity index (χ3n) is 6.53. The Morgan fingerprint density at radius 1 is 1.30 bits per heavy atom. The summed E-state index contributed by atoms with van der Waals surface area (Å²) in [7, 11) is 1.60. The standard InChI is InChI=1S/C22H24F2N2O3S/c1-28-5-4-26-12-19(17-3-2-15(23)9-18(17)24)30-21(26)25-20(27)22-10-13-6-14(11-22)8-16(7-13)29-22/h2-3,9,12-14,16H,4-8,10-11H2,1H3/b25-21-. The van der Waals surface area contributed by atoms with Crippen LogP contribution in [0, 0.1) is 23.5 Å². The number of aromatic nitrogens is 1. The molecule has 3 heterocycles. The van der Waals surface area contributed by atoms with Crippen LogP contribution < -0.4 is 4.80 Å². The Bertz CT molecular complexity index is 1010. The maximum Gasteiger partial charge on any atom is 0.280 e. The first kappa shape index (κ1) is 20.0. The summed E-state index contributed by atoms with van der Waals surface area (Å²) >= 11 is 1.22. The molecule has 2 unspecified atom stereocenters. The van der Waals surface area contributed by atoms with Crippen LogP contribution in [0.3, 0.4) is 0 Å². The second-order valence-corrected chi connectivity index (χ2v) is 9.70. The van der Waals surface area contributed by atoms with Crippen molar-refractivity contribution in [3.8, 4) is 10.4 Å². The van der Waals surface area contributed by atoms with Gasteiger partial charge in [-0.25, -0.2) is 8.78 Å². The second-order valence-electron chi connectivity index (χ2n) is 8.69. The number of benzene rings is 1. The Balaban J connectivity index is 1.51. The van der Waals surface area contributed by atoms with Crippen molar-refractivity contribution in [2.24, 2.45) is 16.8 Å². The number of carbonyl (C=O) groups is 1. The molecular formula is C22H24F2N2O3S. The number of hydrogen-bond acceptors (Lipinski definition) is 4. The zero-order chi connectivity index (χ0) is 20.9. The van der Waals surface area contributed by atoms with E-state index in [0.717, 1.165) is 31.7 Å². The fourth-order valence-corrected chi connectivity index (χ4v) is 6.45. The lowest BCUT2D eigenvalue weighted by molar-refractivity contribution is -0.216. The van der Waals surface area contributed by atoms with Gasteiger partial charge in [0.15, 0.2) is 4.80 Å². The molecule has 6 rings (SSSR count). The highest BCUT2D eigenvalue weighted by Gasteiger charge is 2.56. The summed E-state index contributed by atoms with van der Waals surface area (Å²) in [6.07, 6.45) is 6.68. The monoisotopic (exact) mass is 434 g/mol. The number of halogens is 2. The molecule has 1 amide bonds. The fraction of sp³-hybridized carbons (Fsp3) is 0.545. The Labute approximate surface area is 177 Å². The van der Waals surface area contributed by atoms with Crippen molar-refractivity contribution in [2.45, 2.75) is 50.4 Å². The van der Waals surface area contributed by atoms with Gasteiger partial charge >= 0.3 is 0 Å². The smallest absolute Gasteiger partial charge is 0.280 e. The van der Waals surface area contributed by atoms with Gasteiger partial charge in [-0.3, -0.25) is 4.79 Å². The Morgan fingerprint density at radius 2 is 2.07 bits per heavy atom. The SMILES string of the molecule is COCCn1cc(-c2ccc(F)cc2F)s/c1=N\C(=O)C12CC3CC(CC(C3)O1)C2. The molecule has 2 aliphatic carbocycles. The number of rotatable bonds is 5. The summed E-state index contributed by atoms with van der Waals surface area (Å²) in [6.45, 7) is 0.904. The van der Waals surface area contributed by atoms with Crippen molar-refractivity contribution in [2.75, 3.05) is 13.7 Å². The first-order valence-electron chi connectivity index (χ1n) is 10.4. The molecule has 1 aromatic heterocycles. The minimum atomic E-state index is -0.806. The Kier molecular flexibility index (Phi) is 5.11. The molecule has 2 atom stereocenters. The van der Waals surface area contributed by atoms with Gasteiger partial charge in [0.25, 0.3) is 5.91 Å². The average molecular weight is 435 g/mol. The Morgan fingerprint density at radius 3 is 2.73 bits per heavy atom. The summed E-state index contributed by atoms with van der Waals surface area (Å²) in [4.78, 5) is 18.8. The number of ether oxygens (including phenoxy) is 2. The molecule has 4 bridgehead atoms. The molecule has 2 aliphatic heterocycles. The van der Waals surface area contributed by atoms with E-state index in [9.17, 15) is 13.6 Å². The van der Waals surface area contributed by atoms with Crippen molar-refractivity contribution >= 4 is 17.2 Å².